The molecule has 0 unspecified atom stereocenters. The second-order valence-corrected chi connectivity index (χ2v) is 16.0. The van der Waals surface area contributed by atoms with Crippen molar-refractivity contribution in [2.75, 3.05) is 12.5 Å². The minimum absolute atomic E-state index is 0.142. The Kier molecular flexibility index (Phi) is 6.49. The first-order chi connectivity index (χ1) is 8.54. The van der Waals surface area contributed by atoms with Crippen LogP contribution in [0.4, 0.5) is 0 Å². The highest BCUT2D eigenvalue weighted by Crippen LogP contribution is 2.65. The highest BCUT2D eigenvalue weighted by molar-refractivity contribution is 9.25. The van der Waals surface area contributed by atoms with Crippen molar-refractivity contribution in [1.29, 1.82) is 0 Å². The highest BCUT2D eigenvalue weighted by atomic mass is 79.9. The van der Waals surface area contributed by atoms with E-state index in [4.69, 9.17) is 16.0 Å². The summed E-state index contributed by atoms with van der Waals surface area (Å²) in [4.78, 5) is 0. The van der Waals surface area contributed by atoms with E-state index in [2.05, 4.69) is 65.7 Å². The van der Waals surface area contributed by atoms with Gasteiger partial charge in [0, 0.05) is 12.5 Å². The number of hydrogen-bond acceptors (Lipinski definition) is 1. The Balaban J connectivity index is 2.35. The van der Waals surface area contributed by atoms with Crippen molar-refractivity contribution < 1.29 is 4.43 Å². The third kappa shape index (κ3) is 4.70. The maximum atomic E-state index is 6.26. The van der Waals surface area contributed by atoms with Crippen molar-refractivity contribution in [1.82, 2.24) is 0 Å². The molecule has 2 atom stereocenters. The van der Waals surface area contributed by atoms with E-state index in [1.165, 1.54) is 6.42 Å². The van der Waals surface area contributed by atoms with E-state index < -0.39 is 8.32 Å². The Hall–Kier alpha value is 1.43. The van der Waals surface area contributed by atoms with E-state index >= 15 is 0 Å². The molecule has 0 aliphatic heterocycles. The molecule has 0 spiro atoms. The summed E-state index contributed by atoms with van der Waals surface area (Å²) in [6.45, 7) is 12.4. The van der Waals surface area contributed by atoms with E-state index in [0.29, 0.717) is 16.9 Å². The number of alkyl halides is 3. The molecule has 1 rings (SSSR count). The van der Waals surface area contributed by atoms with Gasteiger partial charge < -0.3 is 4.43 Å². The first-order valence-corrected chi connectivity index (χ1v) is 12.1. The van der Waals surface area contributed by atoms with Crippen LogP contribution in [0.25, 0.3) is 0 Å². The second-order valence-electron chi connectivity index (χ2n) is 7.12. The molecular weight excluding hydrogens is 407 g/mol. The smallest absolute Gasteiger partial charge is 0.191 e. The maximum Gasteiger partial charge on any atom is 0.191 e. The van der Waals surface area contributed by atoms with Crippen LogP contribution in [0.5, 0.6) is 0 Å². The lowest BCUT2D eigenvalue weighted by molar-refractivity contribution is 0.272. The molecule has 0 aromatic heterocycles. The summed E-state index contributed by atoms with van der Waals surface area (Å²) in [6.07, 6.45) is 3.44. The van der Waals surface area contributed by atoms with Crippen molar-refractivity contribution in [3.8, 4) is 0 Å². The molecule has 1 aliphatic rings. The predicted octanol–water partition coefficient (Wildman–Crippen LogP) is 6.15. The van der Waals surface area contributed by atoms with Crippen LogP contribution in [0.2, 0.25) is 18.1 Å². The monoisotopic (exact) mass is 432 g/mol. The van der Waals surface area contributed by atoms with Gasteiger partial charge in [-0.3, -0.25) is 0 Å². The Labute approximate surface area is 141 Å². The third-order valence-electron chi connectivity index (χ3n) is 4.71. The summed E-state index contributed by atoms with van der Waals surface area (Å²) < 4.78 is 6.40. The Bertz CT molecular complexity index is 302. The average Bonchev–Trinajstić information content (AvgIpc) is 2.75. The standard InChI is InChI=1S/C14H27Br2ClOSi/c1-13(2,3)19(4,5)18-10-8-12-11(7-6-9-17)14(12,15)16/h11-12H,6-10H2,1-5H3/t11-,12+/m1/s1. The molecular formula is C14H27Br2ClOSi. The van der Waals surface area contributed by atoms with Gasteiger partial charge in [-0.15, -0.1) is 11.6 Å². The van der Waals surface area contributed by atoms with Gasteiger partial charge in [0.1, 0.15) is 0 Å². The Morgan fingerprint density at radius 1 is 1.16 bits per heavy atom. The maximum absolute atomic E-state index is 6.26. The summed E-state index contributed by atoms with van der Waals surface area (Å²) >= 11 is 13.4. The minimum Gasteiger partial charge on any atom is -0.417 e. The van der Waals surface area contributed by atoms with Crippen LogP contribution in [0.1, 0.15) is 40.0 Å². The third-order valence-corrected chi connectivity index (χ3v) is 11.9. The van der Waals surface area contributed by atoms with Crippen molar-refractivity contribution in [2.45, 2.75) is 61.4 Å². The van der Waals surface area contributed by atoms with Crippen LogP contribution in [0.15, 0.2) is 0 Å². The second kappa shape index (κ2) is 6.68. The Morgan fingerprint density at radius 3 is 2.16 bits per heavy atom. The van der Waals surface area contributed by atoms with Gasteiger partial charge in [0.05, 0.1) is 3.23 Å². The lowest BCUT2D eigenvalue weighted by Crippen LogP contribution is -2.41. The summed E-state index contributed by atoms with van der Waals surface area (Å²) in [5.41, 5.74) is 0. The van der Waals surface area contributed by atoms with Gasteiger partial charge in [-0.2, -0.15) is 0 Å². The Morgan fingerprint density at radius 2 is 1.68 bits per heavy atom. The molecule has 0 amide bonds. The molecule has 0 aromatic carbocycles. The summed E-state index contributed by atoms with van der Waals surface area (Å²) in [5.74, 6) is 2.15. The molecule has 1 aliphatic carbocycles. The summed E-state index contributed by atoms with van der Waals surface area (Å²) in [5, 5.41) is 0.300. The fourth-order valence-corrected chi connectivity index (χ4v) is 5.35. The molecule has 0 N–H and O–H groups in total. The van der Waals surface area contributed by atoms with E-state index in [1.807, 2.05) is 0 Å². The molecule has 0 radical (unpaired) electrons. The van der Waals surface area contributed by atoms with Crippen LogP contribution in [-0.4, -0.2) is 24.0 Å². The van der Waals surface area contributed by atoms with E-state index in [0.717, 1.165) is 25.3 Å². The van der Waals surface area contributed by atoms with E-state index in [-0.39, 0.29) is 3.23 Å². The average molecular weight is 435 g/mol. The molecule has 0 saturated heterocycles. The lowest BCUT2D eigenvalue weighted by atomic mass is 10.2. The zero-order valence-corrected chi connectivity index (χ0v) is 17.7. The van der Waals surface area contributed by atoms with Crippen molar-refractivity contribution in [3.63, 3.8) is 0 Å². The van der Waals surface area contributed by atoms with Gasteiger partial charge in [0.2, 0.25) is 0 Å². The molecule has 1 saturated carbocycles. The molecule has 5 heteroatoms. The van der Waals surface area contributed by atoms with Gasteiger partial charge in [-0.25, -0.2) is 0 Å². The first kappa shape index (κ1) is 18.5. The number of halogens is 3. The van der Waals surface area contributed by atoms with Crippen LogP contribution < -0.4 is 0 Å². The largest absolute Gasteiger partial charge is 0.417 e. The number of hydrogen-bond donors (Lipinski definition) is 0. The molecule has 0 aromatic rings. The predicted molar refractivity (Wildman–Crippen MR) is 95.3 cm³/mol. The number of rotatable bonds is 7. The van der Waals surface area contributed by atoms with Crippen LogP contribution in [0.3, 0.4) is 0 Å². The zero-order valence-electron chi connectivity index (χ0n) is 12.7. The molecule has 1 fully saturated rings. The molecule has 0 bridgehead atoms. The SMILES string of the molecule is CC(C)(C)[Si](C)(C)OCC[C@H]1[C@@H](CCCCl)C1(Br)Br. The molecule has 19 heavy (non-hydrogen) atoms. The van der Waals surface area contributed by atoms with Gasteiger partial charge >= 0.3 is 0 Å². The minimum atomic E-state index is -1.59. The van der Waals surface area contributed by atoms with Gasteiger partial charge in [-0.05, 0) is 49.2 Å². The highest BCUT2D eigenvalue weighted by Gasteiger charge is 2.60. The quantitative estimate of drug-likeness (QED) is 0.345. The van der Waals surface area contributed by atoms with Crippen LogP contribution >= 0.6 is 43.5 Å². The van der Waals surface area contributed by atoms with Crippen LogP contribution in [0, 0.1) is 11.8 Å². The normalized spacial score (nSPS) is 26.5. The fourth-order valence-electron chi connectivity index (χ4n) is 2.20. The molecule has 1 nitrogen and oxygen atoms in total. The van der Waals surface area contributed by atoms with Crippen molar-refractivity contribution in [3.05, 3.63) is 0 Å². The van der Waals surface area contributed by atoms with Crippen LogP contribution in [-0.2, 0) is 4.43 Å². The molecule has 114 valence electrons. The summed E-state index contributed by atoms with van der Waals surface area (Å²) in [7, 11) is -1.59. The van der Waals surface area contributed by atoms with Crippen molar-refractivity contribution in [2.24, 2.45) is 11.8 Å². The fraction of sp³-hybridized carbons (Fsp3) is 1.00. The van der Waals surface area contributed by atoms with Gasteiger partial charge in [0.25, 0.3) is 0 Å². The summed E-state index contributed by atoms with van der Waals surface area (Å²) in [6, 6.07) is 0. The first-order valence-electron chi connectivity index (χ1n) is 7.12. The van der Waals surface area contributed by atoms with Crippen molar-refractivity contribution >= 4 is 51.8 Å². The van der Waals surface area contributed by atoms with Gasteiger partial charge in [-0.1, -0.05) is 52.6 Å². The van der Waals surface area contributed by atoms with E-state index in [9.17, 15) is 0 Å². The van der Waals surface area contributed by atoms with Gasteiger partial charge in [0.15, 0.2) is 8.32 Å². The topological polar surface area (TPSA) is 9.23 Å². The lowest BCUT2D eigenvalue weighted by Gasteiger charge is -2.36. The van der Waals surface area contributed by atoms with E-state index in [1.54, 1.807) is 0 Å². The molecule has 0 heterocycles. The zero-order chi connectivity index (χ0) is 14.9.